The first-order chi connectivity index (χ1) is 13.5. The van der Waals surface area contributed by atoms with Crippen molar-refractivity contribution >= 4 is 29.7 Å². The first-order valence-electron chi connectivity index (χ1n) is 8.55. The molecule has 0 unspecified atom stereocenters. The van der Waals surface area contributed by atoms with Gasteiger partial charge in [-0.05, 0) is 37.4 Å². The third-order valence-corrected chi connectivity index (χ3v) is 4.22. The van der Waals surface area contributed by atoms with Crippen LogP contribution in [0.1, 0.15) is 33.5 Å². The van der Waals surface area contributed by atoms with E-state index in [9.17, 15) is 14.4 Å². The summed E-state index contributed by atoms with van der Waals surface area (Å²) in [6.45, 7) is 2.62. The van der Waals surface area contributed by atoms with E-state index in [1.807, 2.05) is 13.2 Å². The van der Waals surface area contributed by atoms with E-state index < -0.39 is 12.0 Å². The van der Waals surface area contributed by atoms with Crippen LogP contribution in [0.5, 0.6) is 0 Å². The lowest BCUT2D eigenvalue weighted by Gasteiger charge is -2.09. The zero-order chi connectivity index (χ0) is 20.5. The highest BCUT2D eigenvalue weighted by Gasteiger charge is 2.20. The van der Waals surface area contributed by atoms with Crippen molar-refractivity contribution < 1.29 is 19.5 Å². The monoisotopic (exact) mass is 406 g/mol. The zero-order valence-corrected chi connectivity index (χ0v) is 16.4. The highest BCUT2D eigenvalue weighted by Crippen LogP contribution is 2.18. The fourth-order valence-electron chi connectivity index (χ4n) is 2.40. The van der Waals surface area contributed by atoms with E-state index in [4.69, 9.17) is 5.11 Å². The summed E-state index contributed by atoms with van der Waals surface area (Å²) in [5, 5.41) is 24.1. The quantitative estimate of drug-likeness (QED) is 0.453. The van der Waals surface area contributed by atoms with Crippen LogP contribution in [0.4, 0.5) is 4.79 Å². The molecular formula is C17H22N6O4S. The molecule has 2 rings (SSSR count). The number of rotatable bonds is 9. The van der Waals surface area contributed by atoms with Crippen LogP contribution in [0.15, 0.2) is 24.3 Å². The molecule has 2 aromatic rings. The summed E-state index contributed by atoms with van der Waals surface area (Å²) in [5.41, 5.74) is 2.00. The van der Waals surface area contributed by atoms with Crippen LogP contribution in [0.3, 0.4) is 0 Å². The van der Waals surface area contributed by atoms with E-state index in [0.29, 0.717) is 29.2 Å². The molecule has 0 spiro atoms. The van der Waals surface area contributed by atoms with Crippen LogP contribution in [0.2, 0.25) is 0 Å². The Bertz CT molecular complexity index is 837. The highest BCUT2D eigenvalue weighted by atomic mass is 32.2. The molecule has 4 N–H and O–H groups in total. The van der Waals surface area contributed by atoms with Gasteiger partial charge >= 0.3 is 6.09 Å². The fourth-order valence-corrected chi connectivity index (χ4v) is 2.93. The average molecular weight is 406 g/mol. The van der Waals surface area contributed by atoms with Crippen molar-refractivity contribution in [3.8, 4) is 5.69 Å². The van der Waals surface area contributed by atoms with Crippen molar-refractivity contribution in [1.29, 1.82) is 0 Å². The van der Waals surface area contributed by atoms with Gasteiger partial charge in [0.1, 0.15) is 0 Å². The summed E-state index contributed by atoms with van der Waals surface area (Å²) in [7, 11) is 0. The SMILES string of the molecule is CCNC(=O)c1ccc(-n2nnc(C(=O)NCCNC(=O)O)c2CSC)cc1. The minimum Gasteiger partial charge on any atom is -0.465 e. The van der Waals surface area contributed by atoms with Crippen molar-refractivity contribution in [3.05, 3.63) is 41.2 Å². The number of amides is 3. The Kier molecular flexibility index (Phi) is 7.81. The maximum Gasteiger partial charge on any atom is 0.404 e. The summed E-state index contributed by atoms with van der Waals surface area (Å²) < 4.78 is 1.56. The average Bonchev–Trinajstić information content (AvgIpc) is 3.09. The molecule has 0 bridgehead atoms. The summed E-state index contributed by atoms with van der Waals surface area (Å²) in [4.78, 5) is 34.7. The van der Waals surface area contributed by atoms with Crippen LogP contribution in [-0.2, 0) is 5.75 Å². The van der Waals surface area contributed by atoms with Gasteiger partial charge < -0.3 is 21.1 Å². The molecule has 1 heterocycles. The smallest absolute Gasteiger partial charge is 0.404 e. The zero-order valence-electron chi connectivity index (χ0n) is 15.6. The minimum atomic E-state index is -1.15. The first kappa shape index (κ1) is 21.2. The molecule has 0 radical (unpaired) electrons. The number of carboxylic acid groups (broad SMARTS) is 1. The lowest BCUT2D eigenvalue weighted by atomic mass is 10.2. The summed E-state index contributed by atoms with van der Waals surface area (Å²) in [6, 6.07) is 6.84. The molecule has 0 aliphatic rings. The van der Waals surface area contributed by atoms with Gasteiger partial charge in [0, 0.05) is 31.0 Å². The van der Waals surface area contributed by atoms with E-state index in [2.05, 4.69) is 26.3 Å². The number of thioether (sulfide) groups is 1. The lowest BCUT2D eigenvalue weighted by Crippen LogP contribution is -2.34. The third kappa shape index (κ3) is 5.46. The van der Waals surface area contributed by atoms with Crippen LogP contribution >= 0.6 is 11.8 Å². The highest BCUT2D eigenvalue weighted by molar-refractivity contribution is 7.97. The molecule has 1 aromatic carbocycles. The van der Waals surface area contributed by atoms with Crippen molar-refractivity contribution in [3.63, 3.8) is 0 Å². The predicted octanol–water partition coefficient (Wildman–Crippen LogP) is 0.877. The number of nitrogens with zero attached hydrogens (tertiary/aromatic N) is 3. The Morgan fingerprint density at radius 2 is 1.75 bits per heavy atom. The number of hydrogen-bond donors (Lipinski definition) is 4. The Labute approximate surface area is 166 Å². The standard InChI is InChI=1S/C17H22N6O4S/c1-3-18-15(24)11-4-6-12(7-5-11)23-13(10-28-2)14(21-22-23)16(25)19-8-9-20-17(26)27/h4-7,20H,3,8-10H2,1-2H3,(H,18,24)(H,19,25)(H,26,27). The third-order valence-electron chi connectivity index (χ3n) is 3.66. The largest absolute Gasteiger partial charge is 0.465 e. The second-order valence-corrected chi connectivity index (χ2v) is 6.49. The van der Waals surface area contributed by atoms with Gasteiger partial charge in [-0.2, -0.15) is 11.8 Å². The summed E-state index contributed by atoms with van der Waals surface area (Å²) in [6.07, 6.45) is 0.743. The van der Waals surface area contributed by atoms with E-state index in [-0.39, 0.29) is 24.7 Å². The number of carbonyl (C=O) groups is 3. The number of nitrogens with one attached hydrogen (secondary N) is 3. The number of aromatic nitrogens is 3. The van der Waals surface area contributed by atoms with Crippen molar-refractivity contribution in [2.75, 3.05) is 25.9 Å². The van der Waals surface area contributed by atoms with Crippen molar-refractivity contribution in [2.45, 2.75) is 12.7 Å². The molecule has 0 aliphatic carbocycles. The first-order valence-corrected chi connectivity index (χ1v) is 9.94. The van der Waals surface area contributed by atoms with Gasteiger partial charge in [0.25, 0.3) is 11.8 Å². The van der Waals surface area contributed by atoms with Gasteiger partial charge in [0.2, 0.25) is 0 Å². The Morgan fingerprint density at radius 3 is 2.36 bits per heavy atom. The van der Waals surface area contributed by atoms with Gasteiger partial charge in [-0.25, -0.2) is 9.48 Å². The number of carbonyl (C=O) groups excluding carboxylic acids is 2. The Morgan fingerprint density at radius 1 is 1.07 bits per heavy atom. The van der Waals surface area contributed by atoms with E-state index in [0.717, 1.165) is 0 Å². The van der Waals surface area contributed by atoms with E-state index in [1.165, 1.54) is 11.8 Å². The molecule has 10 nitrogen and oxygen atoms in total. The van der Waals surface area contributed by atoms with Gasteiger partial charge in [-0.15, -0.1) is 5.10 Å². The van der Waals surface area contributed by atoms with Crippen LogP contribution in [0, 0.1) is 0 Å². The van der Waals surface area contributed by atoms with Crippen molar-refractivity contribution in [2.24, 2.45) is 0 Å². The molecule has 1 aromatic heterocycles. The molecule has 0 saturated carbocycles. The number of benzene rings is 1. The molecule has 0 atom stereocenters. The van der Waals surface area contributed by atoms with Crippen LogP contribution in [-0.4, -0.2) is 63.9 Å². The molecular weight excluding hydrogens is 384 g/mol. The molecule has 0 fully saturated rings. The Hall–Kier alpha value is -3.08. The summed E-state index contributed by atoms with van der Waals surface area (Å²) in [5.74, 6) is -0.0882. The predicted molar refractivity (Wildman–Crippen MR) is 105 cm³/mol. The van der Waals surface area contributed by atoms with Crippen molar-refractivity contribution in [1.82, 2.24) is 30.9 Å². The van der Waals surface area contributed by atoms with Gasteiger partial charge in [-0.1, -0.05) is 5.21 Å². The molecule has 150 valence electrons. The molecule has 0 saturated heterocycles. The van der Waals surface area contributed by atoms with Gasteiger partial charge in [-0.3, -0.25) is 9.59 Å². The topological polar surface area (TPSA) is 138 Å². The molecule has 3 amide bonds. The van der Waals surface area contributed by atoms with Gasteiger partial charge in [0.05, 0.1) is 11.4 Å². The minimum absolute atomic E-state index is 0.0916. The number of hydrogen-bond acceptors (Lipinski definition) is 6. The molecule has 11 heteroatoms. The van der Waals surface area contributed by atoms with E-state index >= 15 is 0 Å². The lowest BCUT2D eigenvalue weighted by molar-refractivity contribution is 0.0942. The molecule has 0 aliphatic heterocycles. The maximum atomic E-state index is 12.4. The Balaban J connectivity index is 2.18. The molecule has 28 heavy (non-hydrogen) atoms. The van der Waals surface area contributed by atoms with Crippen LogP contribution in [0.25, 0.3) is 5.69 Å². The van der Waals surface area contributed by atoms with Crippen LogP contribution < -0.4 is 16.0 Å². The fraction of sp³-hybridized carbons (Fsp3) is 0.353. The maximum absolute atomic E-state index is 12.4. The van der Waals surface area contributed by atoms with E-state index in [1.54, 1.807) is 28.9 Å². The second-order valence-electron chi connectivity index (χ2n) is 5.62. The summed E-state index contributed by atoms with van der Waals surface area (Å²) >= 11 is 1.51. The second kappa shape index (κ2) is 10.3. The van der Waals surface area contributed by atoms with Gasteiger partial charge in [0.15, 0.2) is 5.69 Å². The normalized spacial score (nSPS) is 10.4.